The van der Waals surface area contributed by atoms with Crippen LogP contribution in [0.15, 0.2) is 72.8 Å². The number of nitrogens with one attached hydrogen (secondary N) is 1. The van der Waals surface area contributed by atoms with Crippen LogP contribution in [0.3, 0.4) is 0 Å². The first-order chi connectivity index (χ1) is 17.3. The molecule has 4 aromatic rings. The number of rotatable bonds is 3. The monoisotopic (exact) mass is 495 g/mol. The number of nitrogens with zero attached hydrogens (tertiary/aromatic N) is 4. The molecule has 1 aromatic heterocycles. The van der Waals surface area contributed by atoms with E-state index in [1.807, 2.05) is 29.2 Å². The highest BCUT2D eigenvalue weighted by atomic mass is 19.4. The quantitative estimate of drug-likeness (QED) is 0.365. The number of carbonyl (C=O) groups is 1. The summed E-state index contributed by atoms with van der Waals surface area (Å²) in [5.41, 5.74) is 0.942. The molecule has 2 amide bonds. The third-order valence-corrected chi connectivity index (χ3v) is 6.12. The molecule has 0 unspecified atom stereocenters. The number of fused-ring (bicyclic) bond motifs is 1. The normalized spacial score (nSPS) is 14.2. The Morgan fingerprint density at radius 1 is 0.806 bits per heavy atom. The predicted molar refractivity (Wildman–Crippen MR) is 129 cm³/mol. The first-order valence-electron chi connectivity index (χ1n) is 11.3. The maximum Gasteiger partial charge on any atom is 0.416 e. The number of hydrogen-bond donors (Lipinski definition) is 1. The summed E-state index contributed by atoms with van der Waals surface area (Å²) in [5.74, 6) is 0.368. The van der Waals surface area contributed by atoms with Crippen LogP contribution in [0.25, 0.3) is 22.0 Å². The summed E-state index contributed by atoms with van der Waals surface area (Å²) in [5, 5.41) is 13.3. The minimum absolute atomic E-state index is 0.295. The Kier molecular flexibility index (Phi) is 6.17. The molecule has 1 aliphatic rings. The van der Waals surface area contributed by atoms with E-state index in [0.29, 0.717) is 43.4 Å². The molecule has 3 aromatic carbocycles. The molecule has 10 heteroatoms. The number of urea groups is 1. The van der Waals surface area contributed by atoms with E-state index in [4.69, 9.17) is 0 Å². The summed E-state index contributed by atoms with van der Waals surface area (Å²) in [6.07, 6.45) is -4.43. The molecule has 0 spiro atoms. The molecule has 0 aliphatic carbocycles. The SMILES string of the molecule is O=C(Nc1ccc(C(F)(F)F)cc1)N1CCN(c2nnc(-c3ccc(F)cc3)c3ccccc23)CC1. The van der Waals surface area contributed by atoms with Gasteiger partial charge in [-0.05, 0) is 48.5 Å². The van der Waals surface area contributed by atoms with Crippen molar-refractivity contribution in [1.29, 1.82) is 0 Å². The number of hydrogen-bond acceptors (Lipinski definition) is 4. The molecular weight excluding hydrogens is 474 g/mol. The van der Waals surface area contributed by atoms with Crippen molar-refractivity contribution in [3.05, 3.63) is 84.2 Å². The summed E-state index contributed by atoms with van der Waals surface area (Å²) in [6.45, 7) is 1.83. The van der Waals surface area contributed by atoms with Gasteiger partial charge in [-0.1, -0.05) is 24.3 Å². The first kappa shape index (κ1) is 23.5. The zero-order valence-electron chi connectivity index (χ0n) is 19.0. The lowest BCUT2D eigenvalue weighted by Gasteiger charge is -2.35. The minimum atomic E-state index is -4.43. The zero-order valence-corrected chi connectivity index (χ0v) is 19.0. The molecule has 6 nitrogen and oxygen atoms in total. The molecule has 184 valence electrons. The molecule has 1 aliphatic heterocycles. The van der Waals surface area contributed by atoms with Gasteiger partial charge in [-0.25, -0.2) is 9.18 Å². The van der Waals surface area contributed by atoms with Gasteiger partial charge in [-0.3, -0.25) is 0 Å². The average molecular weight is 495 g/mol. The number of piperazine rings is 1. The molecular formula is C26H21F4N5O. The fraction of sp³-hybridized carbons (Fsp3) is 0.192. The van der Waals surface area contributed by atoms with Crippen molar-refractivity contribution in [2.24, 2.45) is 0 Å². The highest BCUT2D eigenvalue weighted by Crippen LogP contribution is 2.32. The molecule has 2 heterocycles. The molecule has 0 saturated carbocycles. The highest BCUT2D eigenvalue weighted by molar-refractivity contribution is 6.00. The van der Waals surface area contributed by atoms with E-state index >= 15 is 0 Å². The number of carbonyl (C=O) groups excluding carboxylic acids is 1. The molecule has 36 heavy (non-hydrogen) atoms. The summed E-state index contributed by atoms with van der Waals surface area (Å²) in [6, 6.07) is 17.8. The number of benzene rings is 3. The maximum atomic E-state index is 13.4. The van der Waals surface area contributed by atoms with E-state index in [9.17, 15) is 22.4 Å². The summed E-state index contributed by atoms with van der Waals surface area (Å²) in [7, 11) is 0. The second-order valence-corrected chi connectivity index (χ2v) is 8.40. The molecule has 1 fully saturated rings. The molecule has 1 saturated heterocycles. The van der Waals surface area contributed by atoms with Crippen LogP contribution in [0.2, 0.25) is 0 Å². The Bertz CT molecular complexity index is 1380. The molecule has 0 atom stereocenters. The lowest BCUT2D eigenvalue weighted by Crippen LogP contribution is -2.50. The Morgan fingerprint density at radius 2 is 1.44 bits per heavy atom. The third-order valence-electron chi connectivity index (χ3n) is 6.12. The topological polar surface area (TPSA) is 61.4 Å². The summed E-state index contributed by atoms with van der Waals surface area (Å²) >= 11 is 0. The van der Waals surface area contributed by atoms with Crippen LogP contribution in [0.1, 0.15) is 5.56 Å². The average Bonchev–Trinajstić information content (AvgIpc) is 2.88. The van der Waals surface area contributed by atoms with Crippen LogP contribution in [-0.2, 0) is 6.18 Å². The van der Waals surface area contributed by atoms with Gasteiger partial charge >= 0.3 is 12.2 Å². The Balaban J connectivity index is 1.29. The van der Waals surface area contributed by atoms with Crippen molar-refractivity contribution in [3.8, 4) is 11.3 Å². The van der Waals surface area contributed by atoms with Gasteiger partial charge in [0.2, 0.25) is 0 Å². The van der Waals surface area contributed by atoms with Crippen LogP contribution in [0.5, 0.6) is 0 Å². The summed E-state index contributed by atoms with van der Waals surface area (Å²) in [4.78, 5) is 16.3. The third kappa shape index (κ3) is 4.79. The highest BCUT2D eigenvalue weighted by Gasteiger charge is 2.30. The standard InChI is InChI=1S/C26H21F4N5O/c27-19-9-5-17(6-10-19)23-21-3-1-2-4-22(21)24(33-32-23)34-13-15-35(16-14-34)25(36)31-20-11-7-18(8-12-20)26(28,29)30/h1-12H,13-16H2,(H,31,36). The largest absolute Gasteiger partial charge is 0.416 e. The Labute approximate surface area is 204 Å². The number of alkyl halides is 3. The molecule has 1 N–H and O–H groups in total. The van der Waals surface area contributed by atoms with E-state index in [1.165, 1.54) is 24.3 Å². The Morgan fingerprint density at radius 3 is 2.08 bits per heavy atom. The van der Waals surface area contributed by atoms with E-state index in [-0.39, 0.29) is 11.8 Å². The van der Waals surface area contributed by atoms with Gasteiger partial charge in [-0.15, -0.1) is 10.2 Å². The lowest BCUT2D eigenvalue weighted by atomic mass is 10.0. The number of aromatic nitrogens is 2. The van der Waals surface area contributed by atoms with E-state index in [1.54, 1.807) is 17.0 Å². The molecule has 0 bridgehead atoms. The zero-order chi connectivity index (χ0) is 25.3. The van der Waals surface area contributed by atoms with Gasteiger partial charge in [-0.2, -0.15) is 13.2 Å². The smallest absolute Gasteiger partial charge is 0.351 e. The fourth-order valence-corrected chi connectivity index (χ4v) is 4.21. The number of halogens is 4. The fourth-order valence-electron chi connectivity index (χ4n) is 4.21. The van der Waals surface area contributed by atoms with Crippen LogP contribution < -0.4 is 10.2 Å². The van der Waals surface area contributed by atoms with E-state index in [0.717, 1.165) is 28.5 Å². The van der Waals surface area contributed by atoms with Gasteiger partial charge in [0.25, 0.3) is 0 Å². The van der Waals surface area contributed by atoms with Crippen molar-refractivity contribution < 1.29 is 22.4 Å². The van der Waals surface area contributed by atoms with E-state index in [2.05, 4.69) is 15.5 Å². The predicted octanol–water partition coefficient (Wildman–Crippen LogP) is 5.81. The van der Waals surface area contributed by atoms with Gasteiger partial charge in [0.05, 0.1) is 5.56 Å². The van der Waals surface area contributed by atoms with Crippen molar-refractivity contribution in [1.82, 2.24) is 15.1 Å². The van der Waals surface area contributed by atoms with Crippen LogP contribution in [-0.4, -0.2) is 47.3 Å². The number of amides is 2. The van der Waals surface area contributed by atoms with Gasteiger partial charge in [0, 0.05) is 48.2 Å². The van der Waals surface area contributed by atoms with E-state index < -0.39 is 11.7 Å². The van der Waals surface area contributed by atoms with Crippen molar-refractivity contribution >= 4 is 28.3 Å². The van der Waals surface area contributed by atoms with Crippen LogP contribution in [0.4, 0.5) is 33.9 Å². The van der Waals surface area contributed by atoms with Crippen LogP contribution >= 0.6 is 0 Å². The van der Waals surface area contributed by atoms with Crippen molar-refractivity contribution in [2.75, 3.05) is 36.4 Å². The van der Waals surface area contributed by atoms with Gasteiger partial charge < -0.3 is 15.1 Å². The molecule has 0 radical (unpaired) electrons. The number of anilines is 2. The lowest BCUT2D eigenvalue weighted by molar-refractivity contribution is -0.137. The van der Waals surface area contributed by atoms with Crippen molar-refractivity contribution in [2.45, 2.75) is 6.18 Å². The van der Waals surface area contributed by atoms with Crippen LogP contribution in [0, 0.1) is 5.82 Å². The van der Waals surface area contributed by atoms with Gasteiger partial charge in [0.15, 0.2) is 5.82 Å². The summed E-state index contributed by atoms with van der Waals surface area (Å²) < 4.78 is 51.6. The first-order valence-corrected chi connectivity index (χ1v) is 11.3. The maximum absolute atomic E-state index is 13.4. The molecule has 5 rings (SSSR count). The Hall–Kier alpha value is -4.21. The van der Waals surface area contributed by atoms with Gasteiger partial charge in [0.1, 0.15) is 11.5 Å². The minimum Gasteiger partial charge on any atom is -0.351 e. The van der Waals surface area contributed by atoms with Crippen molar-refractivity contribution in [3.63, 3.8) is 0 Å². The second-order valence-electron chi connectivity index (χ2n) is 8.40. The second kappa shape index (κ2) is 9.44.